The normalized spacial score (nSPS) is 13.6. The second kappa shape index (κ2) is 8.17. The summed E-state index contributed by atoms with van der Waals surface area (Å²) in [5, 5.41) is 15.9. The molecule has 0 radical (unpaired) electrons. The van der Waals surface area contributed by atoms with E-state index < -0.39 is 6.10 Å². The molecule has 0 bridgehead atoms. The van der Waals surface area contributed by atoms with Crippen molar-refractivity contribution < 1.29 is 14.6 Å². The zero-order valence-corrected chi connectivity index (χ0v) is 14.0. The molecule has 0 aliphatic rings. The van der Waals surface area contributed by atoms with Crippen molar-refractivity contribution in [2.45, 2.75) is 25.5 Å². The van der Waals surface area contributed by atoms with Crippen molar-refractivity contribution in [2.75, 3.05) is 20.8 Å². The fraction of sp³-hybridized carbons (Fsp3) is 0.412. The van der Waals surface area contributed by atoms with Crippen LogP contribution in [0, 0.1) is 0 Å². The first kappa shape index (κ1) is 16.8. The molecule has 1 aromatic carbocycles. The van der Waals surface area contributed by atoms with Gasteiger partial charge in [0.2, 0.25) is 0 Å². The van der Waals surface area contributed by atoms with E-state index in [0.29, 0.717) is 18.0 Å². The average molecular weight is 321 g/mol. The van der Waals surface area contributed by atoms with Crippen LogP contribution >= 0.6 is 11.3 Å². The molecular weight excluding hydrogens is 298 g/mol. The van der Waals surface area contributed by atoms with Crippen LogP contribution in [0.5, 0.6) is 11.5 Å². The summed E-state index contributed by atoms with van der Waals surface area (Å²) in [6, 6.07) is 9.90. The minimum atomic E-state index is -0.613. The highest BCUT2D eigenvalue weighted by Gasteiger charge is 2.15. The summed E-state index contributed by atoms with van der Waals surface area (Å²) >= 11 is 1.73. The van der Waals surface area contributed by atoms with Crippen LogP contribution in [0.25, 0.3) is 0 Å². The van der Waals surface area contributed by atoms with E-state index >= 15 is 0 Å². The number of rotatable bonds is 8. The Labute approximate surface area is 135 Å². The standard InChI is InChI=1S/C17H23NO3S/c1-4-15(17-6-5-7-22-17)18-11-16(19)12-8-13(20-2)10-14(9-12)21-3/h5-10,15-16,18-19H,4,11H2,1-3H3. The van der Waals surface area contributed by atoms with Gasteiger partial charge in [0, 0.05) is 23.5 Å². The monoisotopic (exact) mass is 321 g/mol. The van der Waals surface area contributed by atoms with E-state index in [9.17, 15) is 5.11 Å². The van der Waals surface area contributed by atoms with E-state index in [1.165, 1.54) is 4.88 Å². The highest BCUT2D eigenvalue weighted by Crippen LogP contribution is 2.27. The molecule has 0 fully saturated rings. The van der Waals surface area contributed by atoms with Gasteiger partial charge in [0.1, 0.15) is 11.5 Å². The number of hydrogen-bond donors (Lipinski definition) is 2. The third-order valence-corrected chi connectivity index (χ3v) is 4.60. The first-order valence-corrected chi connectivity index (χ1v) is 8.23. The quantitative estimate of drug-likeness (QED) is 0.781. The maximum atomic E-state index is 10.4. The van der Waals surface area contributed by atoms with E-state index in [1.54, 1.807) is 31.6 Å². The molecule has 1 aromatic heterocycles. The predicted octanol–water partition coefficient (Wildman–Crippen LogP) is 3.54. The van der Waals surface area contributed by atoms with Crippen LogP contribution in [0.15, 0.2) is 35.7 Å². The van der Waals surface area contributed by atoms with Gasteiger partial charge in [0.15, 0.2) is 0 Å². The van der Waals surface area contributed by atoms with Gasteiger partial charge in [-0.2, -0.15) is 0 Å². The van der Waals surface area contributed by atoms with Crippen molar-refractivity contribution in [1.82, 2.24) is 5.32 Å². The van der Waals surface area contributed by atoms with Crippen molar-refractivity contribution in [3.05, 3.63) is 46.2 Å². The van der Waals surface area contributed by atoms with E-state index in [1.807, 2.05) is 18.2 Å². The van der Waals surface area contributed by atoms with Crippen LogP contribution in [-0.2, 0) is 0 Å². The molecule has 120 valence electrons. The second-order valence-electron chi connectivity index (χ2n) is 5.05. The molecule has 4 nitrogen and oxygen atoms in total. The molecule has 0 aliphatic heterocycles. The second-order valence-corrected chi connectivity index (χ2v) is 6.03. The summed E-state index contributed by atoms with van der Waals surface area (Å²) in [4.78, 5) is 1.29. The zero-order chi connectivity index (χ0) is 15.9. The molecule has 5 heteroatoms. The Kier molecular flexibility index (Phi) is 6.24. The molecule has 1 heterocycles. The summed E-state index contributed by atoms with van der Waals surface area (Å²) < 4.78 is 10.5. The van der Waals surface area contributed by atoms with Gasteiger partial charge in [-0.3, -0.25) is 0 Å². The van der Waals surface area contributed by atoms with Crippen molar-refractivity contribution in [1.29, 1.82) is 0 Å². The summed E-state index contributed by atoms with van der Waals surface area (Å²) in [6.45, 7) is 2.62. The predicted molar refractivity (Wildman–Crippen MR) is 89.9 cm³/mol. The van der Waals surface area contributed by atoms with Crippen LogP contribution in [0.2, 0.25) is 0 Å². The van der Waals surface area contributed by atoms with Gasteiger partial charge >= 0.3 is 0 Å². The third-order valence-electron chi connectivity index (χ3n) is 3.61. The minimum absolute atomic E-state index is 0.266. The van der Waals surface area contributed by atoms with Crippen molar-refractivity contribution in [3.63, 3.8) is 0 Å². The SMILES string of the molecule is CCC(NCC(O)c1cc(OC)cc(OC)c1)c1cccs1. The molecule has 2 atom stereocenters. The minimum Gasteiger partial charge on any atom is -0.497 e. The van der Waals surface area contributed by atoms with Crippen LogP contribution < -0.4 is 14.8 Å². The molecule has 0 aliphatic carbocycles. The lowest BCUT2D eigenvalue weighted by atomic mass is 10.1. The smallest absolute Gasteiger partial charge is 0.122 e. The maximum absolute atomic E-state index is 10.4. The summed E-state index contributed by atoms with van der Waals surface area (Å²) in [5.74, 6) is 1.36. The van der Waals surface area contributed by atoms with Gasteiger partial charge in [0.05, 0.1) is 20.3 Å². The van der Waals surface area contributed by atoms with Gasteiger partial charge in [-0.25, -0.2) is 0 Å². The van der Waals surface area contributed by atoms with Crippen molar-refractivity contribution in [2.24, 2.45) is 0 Å². The Hall–Kier alpha value is -1.56. The Morgan fingerprint density at radius 1 is 1.18 bits per heavy atom. The number of thiophene rings is 1. The number of hydrogen-bond acceptors (Lipinski definition) is 5. The number of nitrogens with one attached hydrogen (secondary N) is 1. The van der Waals surface area contributed by atoms with E-state index in [2.05, 4.69) is 23.7 Å². The molecule has 0 saturated carbocycles. The van der Waals surface area contributed by atoms with E-state index in [0.717, 1.165) is 12.0 Å². The number of aliphatic hydroxyl groups excluding tert-OH is 1. The highest BCUT2D eigenvalue weighted by atomic mass is 32.1. The Morgan fingerprint density at radius 3 is 2.36 bits per heavy atom. The fourth-order valence-electron chi connectivity index (χ4n) is 2.33. The molecule has 2 aromatic rings. The molecule has 0 saturated heterocycles. The van der Waals surface area contributed by atoms with Crippen LogP contribution in [0.1, 0.15) is 35.9 Å². The molecule has 22 heavy (non-hydrogen) atoms. The van der Waals surface area contributed by atoms with Crippen LogP contribution in [0.3, 0.4) is 0 Å². The first-order chi connectivity index (χ1) is 10.7. The van der Waals surface area contributed by atoms with E-state index in [-0.39, 0.29) is 6.04 Å². The van der Waals surface area contributed by atoms with Gasteiger partial charge in [-0.15, -0.1) is 11.3 Å². The number of aliphatic hydroxyl groups is 1. The summed E-state index contributed by atoms with van der Waals surface area (Å²) in [6.07, 6.45) is 0.368. The highest BCUT2D eigenvalue weighted by molar-refractivity contribution is 7.10. The molecular formula is C17H23NO3S. The number of benzene rings is 1. The lowest BCUT2D eigenvalue weighted by Crippen LogP contribution is -2.25. The Balaban J connectivity index is 2.03. The Bertz CT molecular complexity index is 549. The van der Waals surface area contributed by atoms with E-state index in [4.69, 9.17) is 9.47 Å². The summed E-state index contributed by atoms with van der Waals surface area (Å²) in [7, 11) is 3.21. The molecule has 2 N–H and O–H groups in total. The maximum Gasteiger partial charge on any atom is 0.122 e. The number of ether oxygens (including phenoxy) is 2. The molecule has 0 spiro atoms. The molecule has 2 unspecified atom stereocenters. The Morgan fingerprint density at radius 2 is 1.86 bits per heavy atom. The molecule has 0 amide bonds. The van der Waals surface area contributed by atoms with Crippen LogP contribution in [0.4, 0.5) is 0 Å². The van der Waals surface area contributed by atoms with Gasteiger partial charge in [0.25, 0.3) is 0 Å². The fourth-order valence-corrected chi connectivity index (χ4v) is 3.21. The lowest BCUT2D eigenvalue weighted by Gasteiger charge is -2.19. The number of methoxy groups -OCH3 is 2. The van der Waals surface area contributed by atoms with Crippen molar-refractivity contribution >= 4 is 11.3 Å². The van der Waals surface area contributed by atoms with Crippen LogP contribution in [-0.4, -0.2) is 25.9 Å². The first-order valence-electron chi connectivity index (χ1n) is 7.35. The third kappa shape index (κ3) is 4.22. The zero-order valence-electron chi connectivity index (χ0n) is 13.2. The lowest BCUT2D eigenvalue weighted by molar-refractivity contribution is 0.169. The largest absolute Gasteiger partial charge is 0.497 e. The average Bonchev–Trinajstić information content (AvgIpc) is 3.09. The van der Waals surface area contributed by atoms with Gasteiger partial charge in [-0.1, -0.05) is 13.0 Å². The van der Waals surface area contributed by atoms with Gasteiger partial charge in [-0.05, 0) is 35.6 Å². The summed E-state index contributed by atoms with van der Waals surface area (Å²) in [5.41, 5.74) is 0.782. The van der Waals surface area contributed by atoms with Crippen molar-refractivity contribution in [3.8, 4) is 11.5 Å². The van der Waals surface area contributed by atoms with Gasteiger partial charge < -0.3 is 19.9 Å². The molecule has 2 rings (SSSR count). The topological polar surface area (TPSA) is 50.7 Å².